The molecule has 2 atom stereocenters. The minimum absolute atomic E-state index is 0.0121. The van der Waals surface area contributed by atoms with Gasteiger partial charge in [0.25, 0.3) is 0 Å². The second-order valence-corrected chi connectivity index (χ2v) is 6.13. The lowest BCUT2D eigenvalue weighted by Crippen LogP contribution is -2.48. The molecule has 0 unspecified atom stereocenters. The van der Waals surface area contributed by atoms with Crippen molar-refractivity contribution in [2.75, 3.05) is 0 Å². The van der Waals surface area contributed by atoms with E-state index in [0.29, 0.717) is 0 Å². The van der Waals surface area contributed by atoms with Crippen LogP contribution in [0.5, 0.6) is 5.75 Å². The van der Waals surface area contributed by atoms with E-state index in [-0.39, 0.29) is 30.3 Å². The number of aromatic nitrogens is 2. The number of aromatic carboxylic acids is 1. The van der Waals surface area contributed by atoms with Crippen molar-refractivity contribution >= 4 is 11.9 Å². The van der Waals surface area contributed by atoms with E-state index < -0.39 is 5.97 Å². The van der Waals surface area contributed by atoms with Gasteiger partial charge in [-0.1, -0.05) is 24.6 Å². The summed E-state index contributed by atoms with van der Waals surface area (Å²) in [7, 11) is 0. The molecule has 7 heteroatoms. The van der Waals surface area contributed by atoms with Crippen LogP contribution in [0.1, 0.15) is 36.2 Å². The van der Waals surface area contributed by atoms with Crippen molar-refractivity contribution in [3.8, 4) is 5.75 Å². The number of carboxylic acids is 1. The Kier molecular flexibility index (Phi) is 5.33. The molecule has 7 nitrogen and oxygen atoms in total. The molecule has 132 valence electrons. The quantitative estimate of drug-likeness (QED) is 0.838. The number of para-hydroxylation sites is 1. The molecule has 1 aromatic carbocycles. The van der Waals surface area contributed by atoms with Crippen LogP contribution in [0.25, 0.3) is 0 Å². The maximum absolute atomic E-state index is 12.3. The van der Waals surface area contributed by atoms with E-state index in [2.05, 4.69) is 10.4 Å². The van der Waals surface area contributed by atoms with Gasteiger partial charge < -0.3 is 15.2 Å². The molecule has 0 aliphatic heterocycles. The van der Waals surface area contributed by atoms with E-state index in [1.54, 1.807) is 0 Å². The Balaban J connectivity index is 1.58. The first kappa shape index (κ1) is 17.0. The highest BCUT2D eigenvalue weighted by atomic mass is 16.5. The Morgan fingerprint density at radius 3 is 2.68 bits per heavy atom. The van der Waals surface area contributed by atoms with Gasteiger partial charge in [0.2, 0.25) is 5.91 Å². The standard InChI is InChI=1S/C18H21N3O4/c22-17(12-21-11-10-15(20-21)18(23)24)19-14-8-4-5-9-16(14)25-13-6-2-1-3-7-13/h1-3,6-7,10-11,14,16H,4-5,8-9,12H2,(H,19,22)(H,23,24)/t14-,16+/m1/s1. The molecule has 0 radical (unpaired) electrons. The van der Waals surface area contributed by atoms with Crippen LogP contribution in [-0.2, 0) is 11.3 Å². The predicted molar refractivity (Wildman–Crippen MR) is 90.4 cm³/mol. The van der Waals surface area contributed by atoms with E-state index >= 15 is 0 Å². The van der Waals surface area contributed by atoms with E-state index in [9.17, 15) is 9.59 Å². The Hall–Kier alpha value is -2.83. The van der Waals surface area contributed by atoms with E-state index in [4.69, 9.17) is 9.84 Å². The molecule has 1 aliphatic carbocycles. The Morgan fingerprint density at radius 2 is 1.96 bits per heavy atom. The molecule has 0 spiro atoms. The normalized spacial score (nSPS) is 20.0. The maximum Gasteiger partial charge on any atom is 0.356 e. The molecule has 1 fully saturated rings. The number of carbonyl (C=O) groups is 2. The van der Waals surface area contributed by atoms with Gasteiger partial charge in [-0.3, -0.25) is 9.48 Å². The van der Waals surface area contributed by atoms with Crippen molar-refractivity contribution < 1.29 is 19.4 Å². The number of carbonyl (C=O) groups excluding carboxylic acids is 1. The van der Waals surface area contributed by atoms with Gasteiger partial charge in [-0.05, 0) is 37.5 Å². The van der Waals surface area contributed by atoms with Crippen molar-refractivity contribution in [3.63, 3.8) is 0 Å². The summed E-state index contributed by atoms with van der Waals surface area (Å²) in [6.45, 7) is -0.0121. The molecule has 1 aliphatic rings. The summed E-state index contributed by atoms with van der Waals surface area (Å²) < 4.78 is 7.37. The zero-order chi connectivity index (χ0) is 17.6. The molecule has 2 aromatic rings. The molecule has 25 heavy (non-hydrogen) atoms. The van der Waals surface area contributed by atoms with Gasteiger partial charge in [0.1, 0.15) is 18.4 Å². The third-order valence-electron chi connectivity index (χ3n) is 4.24. The SMILES string of the molecule is O=C(Cn1ccc(C(=O)O)n1)N[C@@H]1CCCC[C@@H]1Oc1ccccc1. The van der Waals surface area contributed by atoms with Crippen LogP contribution >= 0.6 is 0 Å². The highest BCUT2D eigenvalue weighted by Crippen LogP contribution is 2.23. The Bertz CT molecular complexity index is 729. The summed E-state index contributed by atoms with van der Waals surface area (Å²) in [6, 6.07) is 10.9. The first-order valence-electron chi connectivity index (χ1n) is 8.39. The predicted octanol–water partition coefficient (Wildman–Crippen LogP) is 2.09. The second-order valence-electron chi connectivity index (χ2n) is 6.13. The summed E-state index contributed by atoms with van der Waals surface area (Å²) in [4.78, 5) is 23.1. The van der Waals surface area contributed by atoms with E-state index in [0.717, 1.165) is 31.4 Å². The topological polar surface area (TPSA) is 93.5 Å². The van der Waals surface area contributed by atoms with Gasteiger partial charge in [-0.2, -0.15) is 5.10 Å². The fourth-order valence-corrected chi connectivity index (χ4v) is 3.04. The molecule has 0 bridgehead atoms. The van der Waals surface area contributed by atoms with Crippen molar-refractivity contribution in [1.82, 2.24) is 15.1 Å². The van der Waals surface area contributed by atoms with Gasteiger partial charge in [-0.15, -0.1) is 0 Å². The second kappa shape index (κ2) is 7.83. The molecule has 1 heterocycles. The number of hydrogen-bond donors (Lipinski definition) is 2. The summed E-state index contributed by atoms with van der Waals surface area (Å²) >= 11 is 0. The highest BCUT2D eigenvalue weighted by Gasteiger charge is 2.28. The lowest BCUT2D eigenvalue weighted by molar-refractivity contribution is -0.123. The first-order chi connectivity index (χ1) is 12.1. The van der Waals surface area contributed by atoms with Crippen molar-refractivity contribution in [1.29, 1.82) is 0 Å². The average Bonchev–Trinajstić information content (AvgIpc) is 3.06. The number of carboxylic acid groups (broad SMARTS) is 1. The van der Waals surface area contributed by atoms with Gasteiger partial charge in [0, 0.05) is 6.20 Å². The third kappa shape index (κ3) is 4.59. The molecular formula is C18H21N3O4. The molecule has 3 rings (SSSR count). The Morgan fingerprint density at radius 1 is 1.20 bits per heavy atom. The number of amides is 1. The lowest BCUT2D eigenvalue weighted by Gasteiger charge is -2.32. The maximum atomic E-state index is 12.3. The van der Waals surface area contributed by atoms with Crippen LogP contribution in [0.2, 0.25) is 0 Å². The third-order valence-corrected chi connectivity index (χ3v) is 4.24. The lowest BCUT2D eigenvalue weighted by atomic mass is 9.92. The number of nitrogens with one attached hydrogen (secondary N) is 1. The number of nitrogens with zero attached hydrogens (tertiary/aromatic N) is 2. The number of rotatable bonds is 6. The van der Waals surface area contributed by atoms with Crippen LogP contribution in [0.3, 0.4) is 0 Å². The smallest absolute Gasteiger partial charge is 0.356 e. The summed E-state index contributed by atoms with van der Waals surface area (Å²) in [6.07, 6.45) is 5.30. The molecule has 1 aromatic heterocycles. The fourth-order valence-electron chi connectivity index (χ4n) is 3.04. The van der Waals surface area contributed by atoms with Crippen LogP contribution in [0.15, 0.2) is 42.6 Å². The molecular weight excluding hydrogens is 322 g/mol. The molecule has 0 saturated heterocycles. The average molecular weight is 343 g/mol. The first-order valence-corrected chi connectivity index (χ1v) is 8.39. The zero-order valence-electron chi connectivity index (χ0n) is 13.8. The van der Waals surface area contributed by atoms with Crippen molar-refractivity contribution in [2.45, 2.75) is 44.4 Å². The largest absolute Gasteiger partial charge is 0.488 e. The highest BCUT2D eigenvalue weighted by molar-refractivity contribution is 5.85. The molecule has 1 saturated carbocycles. The van der Waals surface area contributed by atoms with E-state index in [1.807, 2.05) is 30.3 Å². The summed E-state index contributed by atoms with van der Waals surface area (Å²) in [5.74, 6) is -0.511. The number of hydrogen-bond acceptors (Lipinski definition) is 4. The van der Waals surface area contributed by atoms with Crippen molar-refractivity contribution in [2.24, 2.45) is 0 Å². The number of benzene rings is 1. The Labute approximate surface area is 145 Å². The molecule has 1 amide bonds. The van der Waals surface area contributed by atoms with Crippen molar-refractivity contribution in [3.05, 3.63) is 48.3 Å². The summed E-state index contributed by atoms with van der Waals surface area (Å²) in [5, 5.41) is 15.7. The summed E-state index contributed by atoms with van der Waals surface area (Å²) in [5.41, 5.74) is -0.0734. The van der Waals surface area contributed by atoms with Gasteiger partial charge in [0.15, 0.2) is 5.69 Å². The van der Waals surface area contributed by atoms with Gasteiger partial charge in [-0.25, -0.2) is 4.79 Å². The molecule has 2 N–H and O–H groups in total. The van der Waals surface area contributed by atoms with Crippen LogP contribution in [0.4, 0.5) is 0 Å². The van der Waals surface area contributed by atoms with Crippen LogP contribution < -0.4 is 10.1 Å². The fraction of sp³-hybridized carbons (Fsp3) is 0.389. The minimum Gasteiger partial charge on any atom is -0.488 e. The van der Waals surface area contributed by atoms with E-state index in [1.165, 1.54) is 16.9 Å². The zero-order valence-corrected chi connectivity index (χ0v) is 13.8. The van der Waals surface area contributed by atoms with Gasteiger partial charge in [0.05, 0.1) is 6.04 Å². The van der Waals surface area contributed by atoms with Gasteiger partial charge >= 0.3 is 5.97 Å². The van der Waals surface area contributed by atoms with Crippen LogP contribution in [0, 0.1) is 0 Å². The van der Waals surface area contributed by atoms with Crippen LogP contribution in [-0.4, -0.2) is 38.9 Å². The minimum atomic E-state index is -1.11. The monoisotopic (exact) mass is 343 g/mol. The number of ether oxygens (including phenoxy) is 1.